The normalized spacial score (nSPS) is 12.5. The molecule has 0 aliphatic heterocycles. The van der Waals surface area contributed by atoms with Crippen molar-refractivity contribution in [2.24, 2.45) is 14.1 Å². The maximum atomic E-state index is 13.6. The van der Waals surface area contributed by atoms with E-state index in [1.165, 1.54) is 25.6 Å². The molecule has 3 heterocycles. The van der Waals surface area contributed by atoms with E-state index in [1.54, 1.807) is 0 Å². The molecule has 0 saturated carbocycles. The Kier molecular flexibility index (Phi) is 7.21. The van der Waals surface area contributed by atoms with Gasteiger partial charge in [0.15, 0.2) is 5.65 Å². The Bertz CT molecular complexity index is 1170. The molecule has 7 nitrogen and oxygen atoms in total. The van der Waals surface area contributed by atoms with Crippen LogP contribution < -0.4 is 0 Å². The first-order valence-electron chi connectivity index (χ1n) is 7.76. The van der Waals surface area contributed by atoms with Gasteiger partial charge in [-0.25, -0.2) is 18.4 Å². The third kappa shape index (κ3) is 3.99. The van der Waals surface area contributed by atoms with Gasteiger partial charge in [-0.3, -0.25) is 0 Å². The van der Waals surface area contributed by atoms with Crippen LogP contribution in [0.15, 0.2) is 17.3 Å². The Hall–Kier alpha value is -1.95. The number of hydrogen-bond donors (Lipinski definition) is 0. The summed E-state index contributed by atoms with van der Waals surface area (Å²) in [7, 11) is -0.925. The second kappa shape index (κ2) is 8.29. The van der Waals surface area contributed by atoms with E-state index in [1.807, 2.05) is 0 Å². The van der Waals surface area contributed by atoms with Crippen LogP contribution in [0.5, 0.6) is 0 Å². The molecule has 0 fully saturated rings. The molecule has 160 valence electrons. The minimum absolute atomic E-state index is 0. The van der Waals surface area contributed by atoms with Gasteiger partial charge in [0, 0.05) is 30.4 Å². The summed E-state index contributed by atoms with van der Waals surface area (Å²) >= 11 is 0. The van der Waals surface area contributed by atoms with Crippen LogP contribution in [-0.4, -0.2) is 44.4 Å². The van der Waals surface area contributed by atoms with E-state index in [2.05, 4.69) is 21.3 Å². The standard InChI is InChI=1S/C15H13F5N5O2S.CH3.Zn/c1-4-28(26,27)13-10(22-7-24(13)2)12-23-9-5-8(6-21-11(9)25(12)3)14(16,17)15(18,19)20;;/h5-6H,4H2,1-3H3;1H3;/q2*-1;+2. The number of aryl methyl sites for hydroxylation is 2. The molecule has 3 rings (SSSR count). The number of nitrogens with zero attached hydrogens (tertiary/aromatic N) is 5. The molecule has 0 unspecified atom stereocenters. The summed E-state index contributed by atoms with van der Waals surface area (Å²) in [6.07, 6.45) is -2.93. The molecule has 0 radical (unpaired) electrons. The number of pyridine rings is 1. The third-order valence-corrected chi connectivity index (χ3v) is 5.95. The molecule has 0 spiro atoms. The Morgan fingerprint density at radius 1 is 1.17 bits per heavy atom. The minimum Gasteiger partial charge on any atom is -0.440 e. The molecule has 0 aliphatic carbocycles. The second-order valence-electron chi connectivity index (χ2n) is 5.96. The molecule has 0 amide bonds. The van der Waals surface area contributed by atoms with E-state index < -0.39 is 27.5 Å². The average Bonchev–Trinajstić information content (AvgIpc) is 3.14. The first kappa shape index (κ1) is 26.1. The van der Waals surface area contributed by atoms with Crippen LogP contribution in [0.4, 0.5) is 22.0 Å². The van der Waals surface area contributed by atoms with Crippen molar-refractivity contribution in [1.29, 1.82) is 0 Å². The maximum Gasteiger partial charge on any atom is 2.00 e. The Balaban J connectivity index is 0.00000225. The molecule has 3 aromatic rings. The maximum absolute atomic E-state index is 13.6. The first-order valence-corrected chi connectivity index (χ1v) is 9.41. The van der Waals surface area contributed by atoms with Gasteiger partial charge in [0.1, 0.15) is 15.4 Å². The summed E-state index contributed by atoms with van der Waals surface area (Å²) in [5.74, 6) is -5.40. The van der Waals surface area contributed by atoms with Crippen LogP contribution in [0.1, 0.15) is 12.5 Å². The van der Waals surface area contributed by atoms with Crippen LogP contribution in [0.25, 0.3) is 22.7 Å². The number of hydrogen-bond acceptors (Lipinski definition) is 5. The van der Waals surface area contributed by atoms with Gasteiger partial charge in [-0.15, -0.1) is 0 Å². The number of sulfone groups is 1. The molecule has 0 atom stereocenters. The van der Waals surface area contributed by atoms with E-state index in [0.717, 1.165) is 4.57 Å². The summed E-state index contributed by atoms with van der Waals surface area (Å²) < 4.78 is 92.1. The fourth-order valence-corrected chi connectivity index (χ4v) is 3.80. The van der Waals surface area contributed by atoms with Crippen molar-refractivity contribution in [2.75, 3.05) is 5.75 Å². The first-order chi connectivity index (χ1) is 12.8. The second-order valence-corrected chi connectivity index (χ2v) is 8.15. The van der Waals surface area contributed by atoms with Gasteiger partial charge >= 0.3 is 31.6 Å². The van der Waals surface area contributed by atoms with E-state index in [4.69, 9.17) is 0 Å². The van der Waals surface area contributed by atoms with Crippen LogP contribution in [0.3, 0.4) is 0 Å². The largest absolute Gasteiger partial charge is 2.00 e. The quantitative estimate of drug-likeness (QED) is 0.311. The molecular formula is C16H16F5N5O2SZn. The molecule has 30 heavy (non-hydrogen) atoms. The monoisotopic (exact) mass is 501 g/mol. The number of aromatic nitrogens is 5. The van der Waals surface area contributed by atoms with Gasteiger partial charge in [0.25, 0.3) is 0 Å². The molecule has 0 N–H and O–H groups in total. The van der Waals surface area contributed by atoms with E-state index in [0.29, 0.717) is 12.3 Å². The van der Waals surface area contributed by atoms with Crippen molar-refractivity contribution in [3.63, 3.8) is 0 Å². The van der Waals surface area contributed by atoms with Gasteiger partial charge in [-0.2, -0.15) is 22.0 Å². The van der Waals surface area contributed by atoms with E-state index in [-0.39, 0.29) is 60.4 Å². The van der Waals surface area contributed by atoms with Crippen molar-refractivity contribution in [3.05, 3.63) is 31.6 Å². The molecule has 3 aromatic heterocycles. The molecule has 14 heteroatoms. The third-order valence-electron chi connectivity index (χ3n) is 4.13. The Morgan fingerprint density at radius 2 is 1.77 bits per heavy atom. The number of fused-ring (bicyclic) bond motifs is 1. The Labute approximate surface area is 182 Å². The molecule has 0 aromatic carbocycles. The van der Waals surface area contributed by atoms with Crippen LogP contribution in [0.2, 0.25) is 0 Å². The van der Waals surface area contributed by atoms with Crippen molar-refractivity contribution in [1.82, 2.24) is 24.1 Å². The average molecular weight is 503 g/mol. The van der Waals surface area contributed by atoms with Crippen LogP contribution in [-0.2, 0) is 49.3 Å². The molecule has 0 aliphatic rings. The van der Waals surface area contributed by atoms with Gasteiger partial charge in [-0.1, -0.05) is 6.92 Å². The number of alkyl halides is 5. The number of halogens is 5. The zero-order valence-corrected chi connectivity index (χ0v) is 20.2. The topological polar surface area (TPSA) is 82.7 Å². The van der Waals surface area contributed by atoms with Crippen LogP contribution >= 0.6 is 0 Å². The van der Waals surface area contributed by atoms with Gasteiger partial charge in [-0.05, 0) is 18.8 Å². The molecular weight excluding hydrogens is 487 g/mol. The van der Waals surface area contributed by atoms with Gasteiger partial charge in [0.2, 0.25) is 0 Å². The van der Waals surface area contributed by atoms with Gasteiger partial charge < -0.3 is 21.5 Å². The smallest absolute Gasteiger partial charge is 0.440 e. The number of imidazole rings is 2. The summed E-state index contributed by atoms with van der Waals surface area (Å²) in [4.78, 5) is 11.5. The fourth-order valence-electron chi connectivity index (χ4n) is 2.64. The molecule has 0 bridgehead atoms. The van der Waals surface area contributed by atoms with Crippen molar-refractivity contribution in [2.45, 2.75) is 24.0 Å². The minimum atomic E-state index is -5.79. The van der Waals surface area contributed by atoms with Gasteiger partial charge in [0.05, 0.1) is 11.4 Å². The SMILES string of the molecule is CCS(=O)(=O)c1c(-c2nc3cc(C(F)(F)C(F)(F)F)cnc3n2C)n[c-]n1C.[CH3-].[Zn+2]. The van der Waals surface area contributed by atoms with Crippen LogP contribution in [0, 0.1) is 13.8 Å². The summed E-state index contributed by atoms with van der Waals surface area (Å²) in [6.45, 7) is 1.42. The zero-order valence-electron chi connectivity index (χ0n) is 16.4. The fraction of sp³-hybridized carbons (Fsp3) is 0.375. The zero-order chi connectivity index (χ0) is 21.1. The van der Waals surface area contributed by atoms with Crippen molar-refractivity contribution in [3.8, 4) is 11.5 Å². The predicted molar refractivity (Wildman–Crippen MR) is 93.6 cm³/mol. The van der Waals surface area contributed by atoms with E-state index in [9.17, 15) is 30.4 Å². The molecule has 0 saturated heterocycles. The van der Waals surface area contributed by atoms with Crippen molar-refractivity contribution < 1.29 is 49.8 Å². The Morgan fingerprint density at radius 3 is 2.30 bits per heavy atom. The van der Waals surface area contributed by atoms with E-state index >= 15 is 0 Å². The summed E-state index contributed by atoms with van der Waals surface area (Å²) in [5, 5.41) is -0.200. The predicted octanol–water partition coefficient (Wildman–Crippen LogP) is 3.06. The number of rotatable bonds is 4. The summed E-state index contributed by atoms with van der Waals surface area (Å²) in [5.41, 5.74) is -1.74. The van der Waals surface area contributed by atoms with Crippen molar-refractivity contribution >= 4 is 21.0 Å². The summed E-state index contributed by atoms with van der Waals surface area (Å²) in [6, 6.07) is 0.569.